The number of carbonyl (C=O) groups is 2. The van der Waals surface area contributed by atoms with Gasteiger partial charge in [0.2, 0.25) is 5.91 Å². The summed E-state index contributed by atoms with van der Waals surface area (Å²) in [5, 5.41) is 5.55. The van der Waals surface area contributed by atoms with Crippen LogP contribution in [0.3, 0.4) is 0 Å². The number of aromatic nitrogens is 2. The van der Waals surface area contributed by atoms with Gasteiger partial charge < -0.3 is 5.32 Å². The van der Waals surface area contributed by atoms with E-state index in [4.69, 9.17) is 11.6 Å². The van der Waals surface area contributed by atoms with Gasteiger partial charge in [0.1, 0.15) is 0 Å². The highest BCUT2D eigenvalue weighted by Gasteiger charge is 2.45. The molecule has 6 rings (SSSR count). The molecule has 2 fully saturated rings. The van der Waals surface area contributed by atoms with Crippen molar-refractivity contribution in [2.75, 3.05) is 4.90 Å². The van der Waals surface area contributed by atoms with Gasteiger partial charge in [-0.05, 0) is 60.1 Å². The van der Waals surface area contributed by atoms with Crippen molar-refractivity contribution in [1.82, 2.24) is 15.3 Å². The second-order valence-corrected chi connectivity index (χ2v) is 9.57. The zero-order chi connectivity index (χ0) is 23.9. The molecule has 3 atom stereocenters. The van der Waals surface area contributed by atoms with Gasteiger partial charge in [0, 0.05) is 40.4 Å². The molecule has 7 heteroatoms. The highest BCUT2D eigenvalue weighted by atomic mass is 35.5. The van der Waals surface area contributed by atoms with E-state index in [2.05, 4.69) is 21.4 Å². The Kier molecular flexibility index (Phi) is 5.46. The van der Waals surface area contributed by atoms with Gasteiger partial charge in [-0.2, -0.15) is 0 Å². The number of rotatable bonds is 3. The largest absolute Gasteiger partial charge is 0.334 e. The first-order valence-electron chi connectivity index (χ1n) is 11.8. The van der Waals surface area contributed by atoms with Crippen LogP contribution in [0.5, 0.6) is 0 Å². The molecular formula is C28H23ClN4O2. The van der Waals surface area contributed by atoms with Gasteiger partial charge in [0.05, 0.1) is 17.8 Å². The predicted molar refractivity (Wildman–Crippen MR) is 136 cm³/mol. The Morgan fingerprint density at radius 1 is 0.914 bits per heavy atom. The van der Waals surface area contributed by atoms with Crippen molar-refractivity contribution in [2.24, 2.45) is 5.92 Å². The van der Waals surface area contributed by atoms with E-state index >= 15 is 0 Å². The lowest BCUT2D eigenvalue weighted by molar-refractivity contribution is -0.124. The maximum absolute atomic E-state index is 13.6. The third kappa shape index (κ3) is 3.74. The molecular weight excluding hydrogens is 460 g/mol. The molecule has 35 heavy (non-hydrogen) atoms. The highest BCUT2D eigenvalue weighted by molar-refractivity contribution is 6.32. The molecule has 3 unspecified atom stereocenters. The topological polar surface area (TPSA) is 75.2 Å². The standard InChI is InChI=1S/C28H23ClN4O2/c29-23-7-3-6-21(17-10-12-30-13-11-17)26(23)18-8-9-22-24(14-18)32-28(35)33(27(22)34)25-16-31-15-19-4-1-2-5-20(19)25/h1-7,10-13,15-16,18,22,24H,8-9,14H2,(H,32,35). The van der Waals surface area contributed by atoms with Crippen LogP contribution < -0.4 is 10.2 Å². The first kappa shape index (κ1) is 21.7. The van der Waals surface area contributed by atoms with Crippen LogP contribution in [0.2, 0.25) is 5.02 Å². The smallest absolute Gasteiger partial charge is 0.329 e. The molecule has 1 N–H and O–H groups in total. The molecule has 1 saturated carbocycles. The van der Waals surface area contributed by atoms with Crippen LogP contribution in [0.25, 0.3) is 21.9 Å². The fourth-order valence-corrected chi connectivity index (χ4v) is 5.95. The van der Waals surface area contributed by atoms with Gasteiger partial charge in [-0.3, -0.25) is 14.8 Å². The Morgan fingerprint density at radius 2 is 1.74 bits per heavy atom. The normalized spacial score (nSPS) is 22.1. The molecule has 0 bridgehead atoms. The van der Waals surface area contributed by atoms with Crippen LogP contribution in [0.1, 0.15) is 30.7 Å². The zero-order valence-electron chi connectivity index (χ0n) is 18.9. The number of halogens is 1. The number of imide groups is 1. The molecule has 2 aromatic carbocycles. The lowest BCUT2D eigenvalue weighted by Gasteiger charge is -2.43. The summed E-state index contributed by atoms with van der Waals surface area (Å²) in [6.45, 7) is 0. The van der Waals surface area contributed by atoms with Crippen molar-refractivity contribution in [2.45, 2.75) is 31.2 Å². The molecule has 3 heterocycles. The zero-order valence-corrected chi connectivity index (χ0v) is 19.7. The number of hydrogen-bond acceptors (Lipinski definition) is 4. The number of nitrogens with zero attached hydrogens (tertiary/aromatic N) is 3. The van der Waals surface area contributed by atoms with E-state index in [0.717, 1.165) is 33.9 Å². The van der Waals surface area contributed by atoms with E-state index in [1.807, 2.05) is 48.5 Å². The fraction of sp³-hybridized carbons (Fsp3) is 0.214. The number of carbonyl (C=O) groups excluding carboxylic acids is 2. The molecule has 4 aromatic rings. The number of amides is 3. The molecule has 0 spiro atoms. The monoisotopic (exact) mass is 482 g/mol. The van der Waals surface area contributed by atoms with Gasteiger partial charge in [0.25, 0.3) is 0 Å². The number of urea groups is 1. The third-order valence-electron chi connectivity index (χ3n) is 7.24. The van der Waals surface area contributed by atoms with E-state index < -0.39 is 6.03 Å². The van der Waals surface area contributed by atoms with E-state index in [-0.39, 0.29) is 23.8 Å². The Labute approximate surface area is 208 Å². The van der Waals surface area contributed by atoms with E-state index in [1.54, 1.807) is 24.8 Å². The van der Waals surface area contributed by atoms with Crippen LogP contribution in [-0.2, 0) is 4.79 Å². The number of fused-ring (bicyclic) bond motifs is 2. The average molecular weight is 483 g/mol. The molecule has 0 radical (unpaired) electrons. The van der Waals surface area contributed by atoms with Gasteiger partial charge in [-0.15, -0.1) is 0 Å². The molecule has 2 aliphatic rings. The molecule has 3 amide bonds. The van der Waals surface area contributed by atoms with Crippen molar-refractivity contribution in [3.8, 4) is 11.1 Å². The maximum atomic E-state index is 13.6. The van der Waals surface area contributed by atoms with E-state index in [1.165, 1.54) is 4.90 Å². The Hall–Kier alpha value is -3.77. The van der Waals surface area contributed by atoms with Crippen molar-refractivity contribution >= 4 is 40.0 Å². The van der Waals surface area contributed by atoms with Crippen molar-refractivity contribution < 1.29 is 9.59 Å². The minimum absolute atomic E-state index is 0.131. The minimum Gasteiger partial charge on any atom is -0.334 e. The maximum Gasteiger partial charge on any atom is 0.329 e. The molecule has 1 aliphatic heterocycles. The molecule has 1 aliphatic carbocycles. The summed E-state index contributed by atoms with van der Waals surface area (Å²) in [6.07, 6.45) is 9.02. The first-order chi connectivity index (χ1) is 17.1. The number of pyridine rings is 2. The van der Waals surface area contributed by atoms with Crippen LogP contribution in [0.15, 0.2) is 79.4 Å². The summed E-state index contributed by atoms with van der Waals surface area (Å²) in [5.74, 6) is -0.314. The number of benzene rings is 2. The van der Waals surface area contributed by atoms with Crippen molar-refractivity contribution in [3.05, 3.63) is 90.0 Å². The SMILES string of the molecule is O=C1NC2CC(c3c(Cl)cccc3-c3ccncc3)CCC2C(=O)N1c1cncc2ccccc12. The van der Waals surface area contributed by atoms with Crippen LogP contribution >= 0.6 is 11.6 Å². The van der Waals surface area contributed by atoms with Gasteiger partial charge in [-0.1, -0.05) is 48.0 Å². The third-order valence-corrected chi connectivity index (χ3v) is 7.57. The van der Waals surface area contributed by atoms with Gasteiger partial charge >= 0.3 is 6.03 Å². The second kappa shape index (κ2) is 8.78. The number of nitrogens with one attached hydrogen (secondary N) is 1. The second-order valence-electron chi connectivity index (χ2n) is 9.16. The number of anilines is 1. The lowest BCUT2D eigenvalue weighted by Crippen LogP contribution is -2.61. The quantitative estimate of drug-likeness (QED) is 0.391. The van der Waals surface area contributed by atoms with E-state index in [9.17, 15) is 9.59 Å². The Balaban J connectivity index is 1.31. The summed E-state index contributed by atoms with van der Waals surface area (Å²) in [4.78, 5) is 36.5. The molecule has 6 nitrogen and oxygen atoms in total. The first-order valence-corrected chi connectivity index (χ1v) is 12.2. The summed E-state index contributed by atoms with van der Waals surface area (Å²) < 4.78 is 0. The van der Waals surface area contributed by atoms with Gasteiger partial charge in [-0.25, -0.2) is 9.69 Å². The minimum atomic E-state index is -0.399. The van der Waals surface area contributed by atoms with Crippen LogP contribution in [0.4, 0.5) is 10.5 Å². The average Bonchev–Trinajstić information content (AvgIpc) is 2.89. The van der Waals surface area contributed by atoms with Crippen LogP contribution in [0, 0.1) is 5.92 Å². The predicted octanol–water partition coefficient (Wildman–Crippen LogP) is 5.96. The van der Waals surface area contributed by atoms with Crippen molar-refractivity contribution in [3.63, 3.8) is 0 Å². The lowest BCUT2D eigenvalue weighted by atomic mass is 9.72. The summed E-state index contributed by atoms with van der Waals surface area (Å²) in [5.41, 5.74) is 3.72. The molecule has 174 valence electrons. The summed E-state index contributed by atoms with van der Waals surface area (Å²) >= 11 is 6.72. The molecule has 2 aromatic heterocycles. The van der Waals surface area contributed by atoms with E-state index in [0.29, 0.717) is 23.6 Å². The summed E-state index contributed by atoms with van der Waals surface area (Å²) in [7, 11) is 0. The van der Waals surface area contributed by atoms with Gasteiger partial charge in [0.15, 0.2) is 0 Å². The fourth-order valence-electron chi connectivity index (χ4n) is 5.62. The highest BCUT2D eigenvalue weighted by Crippen LogP contribution is 2.45. The van der Waals surface area contributed by atoms with Crippen LogP contribution in [-0.4, -0.2) is 27.9 Å². The Bertz CT molecular complexity index is 1440. The van der Waals surface area contributed by atoms with Crippen molar-refractivity contribution in [1.29, 1.82) is 0 Å². The Morgan fingerprint density at radius 3 is 2.60 bits per heavy atom. The molecule has 1 saturated heterocycles. The summed E-state index contributed by atoms with van der Waals surface area (Å²) in [6, 6.07) is 16.9. The number of hydrogen-bond donors (Lipinski definition) is 1.